The first-order valence-electron chi connectivity index (χ1n) is 10.4. The minimum absolute atomic E-state index is 0.121. The minimum Gasteiger partial charge on any atom is -0.508 e. The molecule has 0 unspecified atom stereocenters. The van der Waals surface area contributed by atoms with Crippen LogP contribution in [0.15, 0.2) is 48.5 Å². The summed E-state index contributed by atoms with van der Waals surface area (Å²) in [5.74, 6) is -0.423. The zero-order valence-corrected chi connectivity index (χ0v) is 16.8. The molecule has 0 saturated carbocycles. The number of rotatable bonds is 3. The Labute approximate surface area is 175 Å². The summed E-state index contributed by atoms with van der Waals surface area (Å²) in [6.07, 6.45) is 0. The molecule has 1 spiro atoms. The normalized spacial score (nSPS) is 23.8. The van der Waals surface area contributed by atoms with Crippen LogP contribution < -0.4 is 0 Å². The zero-order valence-electron chi connectivity index (χ0n) is 16.8. The van der Waals surface area contributed by atoms with Crippen LogP contribution in [-0.4, -0.2) is 83.2 Å². The van der Waals surface area contributed by atoms with Crippen molar-refractivity contribution in [3.8, 4) is 5.75 Å². The molecule has 1 atom stereocenters. The van der Waals surface area contributed by atoms with Crippen molar-refractivity contribution in [2.75, 3.05) is 45.9 Å². The van der Waals surface area contributed by atoms with Crippen LogP contribution in [0, 0.1) is 5.82 Å². The number of piperazine rings is 1. The number of halogens is 1. The second kappa shape index (κ2) is 7.65. The monoisotopic (exact) mass is 411 g/mol. The van der Waals surface area contributed by atoms with Crippen LogP contribution in [0.3, 0.4) is 0 Å². The van der Waals surface area contributed by atoms with Crippen LogP contribution in [0.5, 0.6) is 5.75 Å². The molecule has 158 valence electrons. The molecule has 1 N–H and O–H groups in total. The number of phenolic OH excluding ortho intramolecular Hbond substituents is 1. The third kappa shape index (κ3) is 3.37. The molecule has 1 amide bonds. The number of aromatic hydroxyl groups is 1. The first-order valence-corrected chi connectivity index (χ1v) is 10.4. The van der Waals surface area contributed by atoms with Crippen molar-refractivity contribution in [2.24, 2.45) is 0 Å². The SMILES string of the molecule is O=C(c1ccccc1F)N1C[C@@H]2COCCN2C2(CN(Cc3ccccc3O)C2)C1. The fourth-order valence-corrected chi connectivity index (χ4v) is 5.22. The van der Waals surface area contributed by atoms with E-state index in [4.69, 9.17) is 4.74 Å². The molecule has 0 bridgehead atoms. The number of amides is 1. The molecule has 3 fully saturated rings. The molecule has 6 nitrogen and oxygen atoms in total. The summed E-state index contributed by atoms with van der Waals surface area (Å²) >= 11 is 0. The topological polar surface area (TPSA) is 56.2 Å². The highest BCUT2D eigenvalue weighted by atomic mass is 19.1. The molecular weight excluding hydrogens is 385 g/mol. The standard InChI is InChI=1S/C23H26FN3O3/c24-20-7-3-2-6-19(20)22(29)26-12-18-13-30-10-9-27(18)23(16-26)14-25(15-23)11-17-5-1-4-8-21(17)28/h1-8,18,28H,9-16H2/t18-/m1/s1. The van der Waals surface area contributed by atoms with Crippen molar-refractivity contribution in [3.05, 3.63) is 65.5 Å². The quantitative estimate of drug-likeness (QED) is 0.837. The maximum Gasteiger partial charge on any atom is 0.256 e. The maximum absolute atomic E-state index is 14.2. The average molecular weight is 411 g/mol. The van der Waals surface area contributed by atoms with E-state index in [1.165, 1.54) is 6.07 Å². The first-order chi connectivity index (χ1) is 14.6. The highest BCUT2D eigenvalue weighted by Gasteiger charge is 2.54. The lowest BCUT2D eigenvalue weighted by molar-refractivity contribution is -0.160. The van der Waals surface area contributed by atoms with Crippen LogP contribution in [-0.2, 0) is 11.3 Å². The van der Waals surface area contributed by atoms with E-state index in [-0.39, 0.29) is 23.1 Å². The van der Waals surface area contributed by atoms with Gasteiger partial charge in [0.15, 0.2) is 0 Å². The Morgan fingerprint density at radius 3 is 2.70 bits per heavy atom. The largest absolute Gasteiger partial charge is 0.508 e. The Morgan fingerprint density at radius 1 is 1.13 bits per heavy atom. The Bertz CT molecular complexity index is 947. The molecule has 2 aromatic rings. The fraction of sp³-hybridized carbons (Fsp3) is 0.435. The number of likely N-dealkylation sites (tertiary alicyclic amines) is 1. The Morgan fingerprint density at radius 2 is 1.90 bits per heavy atom. The van der Waals surface area contributed by atoms with Crippen molar-refractivity contribution in [1.29, 1.82) is 0 Å². The summed E-state index contributed by atoms with van der Waals surface area (Å²) in [4.78, 5) is 19.7. The van der Waals surface area contributed by atoms with E-state index in [2.05, 4.69) is 9.80 Å². The Kier molecular flexibility index (Phi) is 4.97. The van der Waals surface area contributed by atoms with Crippen molar-refractivity contribution in [3.63, 3.8) is 0 Å². The van der Waals surface area contributed by atoms with Crippen molar-refractivity contribution in [1.82, 2.24) is 14.7 Å². The molecule has 30 heavy (non-hydrogen) atoms. The van der Waals surface area contributed by atoms with E-state index < -0.39 is 5.82 Å². The number of ether oxygens (including phenoxy) is 1. The number of morpholine rings is 1. The summed E-state index contributed by atoms with van der Waals surface area (Å²) in [5.41, 5.74) is 0.877. The number of phenols is 1. The Balaban J connectivity index is 1.35. The summed E-state index contributed by atoms with van der Waals surface area (Å²) < 4.78 is 19.9. The zero-order chi connectivity index (χ0) is 20.7. The molecular formula is C23H26FN3O3. The van der Waals surface area contributed by atoms with Gasteiger partial charge in [-0.3, -0.25) is 14.6 Å². The third-order valence-electron chi connectivity index (χ3n) is 6.57. The van der Waals surface area contributed by atoms with Gasteiger partial charge in [-0.15, -0.1) is 0 Å². The lowest BCUT2D eigenvalue weighted by Crippen LogP contribution is -2.80. The number of hydrogen-bond donors (Lipinski definition) is 1. The van der Waals surface area contributed by atoms with Gasteiger partial charge in [0.2, 0.25) is 0 Å². The fourth-order valence-electron chi connectivity index (χ4n) is 5.22. The van der Waals surface area contributed by atoms with Gasteiger partial charge < -0.3 is 14.7 Å². The van der Waals surface area contributed by atoms with E-state index in [1.807, 2.05) is 18.2 Å². The van der Waals surface area contributed by atoms with Gasteiger partial charge >= 0.3 is 0 Å². The summed E-state index contributed by atoms with van der Waals surface area (Å²) in [6.45, 7) is 5.53. The van der Waals surface area contributed by atoms with Crippen LogP contribution in [0.4, 0.5) is 4.39 Å². The number of carbonyl (C=O) groups is 1. The molecule has 0 aliphatic carbocycles. The molecule has 0 aromatic heterocycles. The van der Waals surface area contributed by atoms with E-state index in [9.17, 15) is 14.3 Å². The molecule has 3 aliphatic rings. The summed E-state index contributed by atoms with van der Waals surface area (Å²) in [6, 6.07) is 13.7. The van der Waals surface area contributed by atoms with Gasteiger partial charge in [0.05, 0.1) is 30.4 Å². The Hall–Kier alpha value is -2.48. The van der Waals surface area contributed by atoms with Gasteiger partial charge in [-0.05, 0) is 18.2 Å². The number of fused-ring (bicyclic) bond motifs is 2. The highest BCUT2D eigenvalue weighted by molar-refractivity contribution is 5.94. The number of benzene rings is 2. The van der Waals surface area contributed by atoms with Crippen LogP contribution in [0.25, 0.3) is 0 Å². The van der Waals surface area contributed by atoms with Gasteiger partial charge in [0.1, 0.15) is 11.6 Å². The van der Waals surface area contributed by atoms with Crippen LogP contribution in [0.1, 0.15) is 15.9 Å². The van der Waals surface area contributed by atoms with Gasteiger partial charge in [0.25, 0.3) is 5.91 Å². The van der Waals surface area contributed by atoms with Gasteiger partial charge in [0, 0.05) is 44.8 Å². The smallest absolute Gasteiger partial charge is 0.256 e. The van der Waals surface area contributed by atoms with Gasteiger partial charge in [-0.1, -0.05) is 30.3 Å². The number of hydrogen-bond acceptors (Lipinski definition) is 5. The molecule has 7 heteroatoms. The highest BCUT2D eigenvalue weighted by Crippen LogP contribution is 2.37. The van der Waals surface area contributed by atoms with Gasteiger partial charge in [-0.2, -0.15) is 0 Å². The number of nitrogens with zero attached hydrogens (tertiary/aromatic N) is 3. The van der Waals surface area contributed by atoms with Crippen molar-refractivity contribution >= 4 is 5.91 Å². The lowest BCUT2D eigenvalue weighted by atomic mass is 9.82. The van der Waals surface area contributed by atoms with E-state index in [0.29, 0.717) is 38.6 Å². The van der Waals surface area contributed by atoms with Gasteiger partial charge in [-0.25, -0.2) is 4.39 Å². The van der Waals surface area contributed by atoms with E-state index >= 15 is 0 Å². The maximum atomic E-state index is 14.2. The second-order valence-corrected chi connectivity index (χ2v) is 8.59. The predicted octanol–water partition coefficient (Wildman–Crippen LogP) is 1.94. The van der Waals surface area contributed by atoms with E-state index in [0.717, 1.165) is 25.2 Å². The second-order valence-electron chi connectivity index (χ2n) is 8.59. The van der Waals surface area contributed by atoms with Crippen molar-refractivity contribution in [2.45, 2.75) is 18.1 Å². The predicted molar refractivity (Wildman–Crippen MR) is 110 cm³/mol. The number of para-hydroxylation sites is 1. The molecule has 3 heterocycles. The van der Waals surface area contributed by atoms with Crippen LogP contribution >= 0.6 is 0 Å². The molecule has 3 aliphatic heterocycles. The summed E-state index contributed by atoms with van der Waals surface area (Å²) in [7, 11) is 0. The molecule has 0 radical (unpaired) electrons. The molecule has 5 rings (SSSR count). The van der Waals surface area contributed by atoms with Crippen LogP contribution in [0.2, 0.25) is 0 Å². The van der Waals surface area contributed by atoms with E-state index in [1.54, 1.807) is 29.2 Å². The molecule has 2 aromatic carbocycles. The lowest BCUT2D eigenvalue weighted by Gasteiger charge is -2.63. The van der Waals surface area contributed by atoms with Crippen molar-refractivity contribution < 1.29 is 19.0 Å². The molecule has 3 saturated heterocycles. The summed E-state index contributed by atoms with van der Waals surface area (Å²) in [5, 5.41) is 10.1. The third-order valence-corrected chi connectivity index (χ3v) is 6.57. The first kappa shape index (κ1) is 19.5. The number of carbonyl (C=O) groups excluding carboxylic acids is 1. The minimum atomic E-state index is -0.478. The average Bonchev–Trinajstić information content (AvgIpc) is 2.74.